The van der Waals surface area contributed by atoms with E-state index in [0.29, 0.717) is 13.2 Å². The SMILES string of the molecule is COCCn1nc(C)c(CN)c1C. The molecule has 0 radical (unpaired) electrons. The summed E-state index contributed by atoms with van der Waals surface area (Å²) in [5, 5.41) is 4.38. The van der Waals surface area contributed by atoms with Crippen molar-refractivity contribution in [1.82, 2.24) is 9.78 Å². The number of rotatable bonds is 4. The Morgan fingerprint density at radius 1 is 1.46 bits per heavy atom. The van der Waals surface area contributed by atoms with E-state index >= 15 is 0 Å². The van der Waals surface area contributed by atoms with E-state index in [-0.39, 0.29) is 0 Å². The maximum Gasteiger partial charge on any atom is 0.0658 e. The van der Waals surface area contributed by atoms with E-state index in [9.17, 15) is 0 Å². The normalized spacial score (nSPS) is 10.8. The third kappa shape index (κ3) is 2.08. The first-order chi connectivity index (χ1) is 6.20. The van der Waals surface area contributed by atoms with Gasteiger partial charge in [0, 0.05) is 24.9 Å². The molecule has 0 bridgehead atoms. The van der Waals surface area contributed by atoms with Gasteiger partial charge in [-0.2, -0.15) is 5.10 Å². The van der Waals surface area contributed by atoms with Gasteiger partial charge in [-0.25, -0.2) is 0 Å². The van der Waals surface area contributed by atoms with Crippen molar-refractivity contribution in [2.75, 3.05) is 13.7 Å². The maximum atomic E-state index is 5.61. The minimum atomic E-state index is 0.560. The zero-order valence-corrected chi connectivity index (χ0v) is 8.50. The van der Waals surface area contributed by atoms with E-state index in [1.165, 1.54) is 0 Å². The number of nitrogens with two attached hydrogens (primary N) is 1. The molecule has 0 saturated heterocycles. The van der Waals surface area contributed by atoms with Crippen LogP contribution in [0.15, 0.2) is 0 Å². The van der Waals surface area contributed by atoms with Crippen LogP contribution in [-0.2, 0) is 17.8 Å². The minimum absolute atomic E-state index is 0.560. The van der Waals surface area contributed by atoms with E-state index in [2.05, 4.69) is 5.10 Å². The summed E-state index contributed by atoms with van der Waals surface area (Å²) in [7, 11) is 1.69. The van der Waals surface area contributed by atoms with Crippen LogP contribution in [0.4, 0.5) is 0 Å². The van der Waals surface area contributed by atoms with Gasteiger partial charge in [0.15, 0.2) is 0 Å². The Labute approximate surface area is 78.7 Å². The van der Waals surface area contributed by atoms with Crippen molar-refractivity contribution in [2.24, 2.45) is 5.73 Å². The Morgan fingerprint density at radius 2 is 2.15 bits per heavy atom. The van der Waals surface area contributed by atoms with Crippen LogP contribution in [0.3, 0.4) is 0 Å². The molecule has 1 aromatic heterocycles. The van der Waals surface area contributed by atoms with Gasteiger partial charge in [-0.15, -0.1) is 0 Å². The van der Waals surface area contributed by atoms with E-state index in [1.807, 2.05) is 18.5 Å². The molecule has 0 aliphatic carbocycles. The third-order valence-electron chi connectivity index (χ3n) is 2.24. The van der Waals surface area contributed by atoms with Crippen molar-refractivity contribution >= 4 is 0 Å². The van der Waals surface area contributed by atoms with Crippen molar-refractivity contribution in [3.05, 3.63) is 17.0 Å². The molecule has 0 fully saturated rings. The molecule has 4 heteroatoms. The lowest BCUT2D eigenvalue weighted by Crippen LogP contribution is -2.08. The number of aryl methyl sites for hydroxylation is 1. The molecular weight excluding hydrogens is 166 g/mol. The molecule has 0 aliphatic rings. The van der Waals surface area contributed by atoms with Gasteiger partial charge in [0.25, 0.3) is 0 Å². The van der Waals surface area contributed by atoms with Crippen LogP contribution in [0.25, 0.3) is 0 Å². The summed E-state index contributed by atoms with van der Waals surface area (Å²) >= 11 is 0. The molecule has 0 aliphatic heterocycles. The zero-order chi connectivity index (χ0) is 9.84. The number of aromatic nitrogens is 2. The summed E-state index contributed by atoms with van der Waals surface area (Å²) in [5.41, 5.74) is 8.93. The summed E-state index contributed by atoms with van der Waals surface area (Å²) in [6, 6.07) is 0. The topological polar surface area (TPSA) is 53.1 Å². The Kier molecular flexibility index (Phi) is 3.45. The monoisotopic (exact) mass is 183 g/mol. The highest BCUT2D eigenvalue weighted by Gasteiger charge is 2.08. The largest absolute Gasteiger partial charge is 0.383 e. The fourth-order valence-corrected chi connectivity index (χ4v) is 1.42. The first kappa shape index (κ1) is 10.2. The minimum Gasteiger partial charge on any atom is -0.383 e. The molecule has 0 saturated carbocycles. The van der Waals surface area contributed by atoms with E-state index < -0.39 is 0 Å². The van der Waals surface area contributed by atoms with Crippen molar-refractivity contribution in [3.8, 4) is 0 Å². The van der Waals surface area contributed by atoms with Gasteiger partial charge in [-0.3, -0.25) is 4.68 Å². The highest BCUT2D eigenvalue weighted by Crippen LogP contribution is 2.11. The van der Waals surface area contributed by atoms with E-state index in [0.717, 1.165) is 23.5 Å². The van der Waals surface area contributed by atoms with Crippen molar-refractivity contribution in [3.63, 3.8) is 0 Å². The van der Waals surface area contributed by atoms with Crippen LogP contribution in [0.5, 0.6) is 0 Å². The predicted octanol–water partition coefficient (Wildman–Crippen LogP) is 0.605. The first-order valence-corrected chi connectivity index (χ1v) is 4.42. The Bertz CT molecular complexity index is 281. The van der Waals surface area contributed by atoms with Crippen LogP contribution in [0.1, 0.15) is 17.0 Å². The van der Waals surface area contributed by atoms with Crippen LogP contribution < -0.4 is 5.73 Å². The lowest BCUT2D eigenvalue weighted by molar-refractivity contribution is 0.182. The maximum absolute atomic E-state index is 5.61. The number of hydrogen-bond donors (Lipinski definition) is 1. The second-order valence-corrected chi connectivity index (χ2v) is 3.07. The predicted molar refractivity (Wildman–Crippen MR) is 51.5 cm³/mol. The Morgan fingerprint density at radius 3 is 2.62 bits per heavy atom. The first-order valence-electron chi connectivity index (χ1n) is 4.42. The van der Waals surface area contributed by atoms with Crippen molar-refractivity contribution < 1.29 is 4.74 Å². The molecule has 1 aromatic rings. The molecule has 1 rings (SSSR count). The standard InChI is InChI=1S/C9H17N3O/c1-7-9(6-10)8(2)12(11-7)4-5-13-3/h4-6,10H2,1-3H3. The van der Waals surface area contributed by atoms with Crippen LogP contribution >= 0.6 is 0 Å². The smallest absolute Gasteiger partial charge is 0.0658 e. The van der Waals surface area contributed by atoms with Gasteiger partial charge >= 0.3 is 0 Å². The second kappa shape index (κ2) is 4.39. The van der Waals surface area contributed by atoms with Gasteiger partial charge < -0.3 is 10.5 Å². The molecule has 0 unspecified atom stereocenters. The van der Waals surface area contributed by atoms with Crippen molar-refractivity contribution in [1.29, 1.82) is 0 Å². The zero-order valence-electron chi connectivity index (χ0n) is 8.50. The summed E-state index contributed by atoms with van der Waals surface area (Å²) < 4.78 is 6.94. The molecule has 0 amide bonds. The highest BCUT2D eigenvalue weighted by molar-refractivity contribution is 5.23. The summed E-state index contributed by atoms with van der Waals surface area (Å²) in [5.74, 6) is 0. The number of ether oxygens (including phenoxy) is 1. The van der Waals surface area contributed by atoms with E-state index in [1.54, 1.807) is 7.11 Å². The number of methoxy groups -OCH3 is 1. The quantitative estimate of drug-likeness (QED) is 0.744. The lowest BCUT2D eigenvalue weighted by atomic mass is 10.2. The van der Waals surface area contributed by atoms with Gasteiger partial charge in [0.2, 0.25) is 0 Å². The molecule has 0 aromatic carbocycles. The fourth-order valence-electron chi connectivity index (χ4n) is 1.42. The van der Waals surface area contributed by atoms with E-state index in [4.69, 9.17) is 10.5 Å². The van der Waals surface area contributed by atoms with Crippen LogP contribution in [0.2, 0.25) is 0 Å². The molecule has 0 spiro atoms. The molecule has 13 heavy (non-hydrogen) atoms. The third-order valence-corrected chi connectivity index (χ3v) is 2.24. The molecule has 74 valence electrons. The summed E-state index contributed by atoms with van der Waals surface area (Å²) in [4.78, 5) is 0. The number of nitrogens with zero attached hydrogens (tertiary/aromatic N) is 2. The molecule has 0 atom stereocenters. The van der Waals surface area contributed by atoms with Crippen LogP contribution in [0, 0.1) is 13.8 Å². The van der Waals surface area contributed by atoms with Gasteiger partial charge in [0.1, 0.15) is 0 Å². The van der Waals surface area contributed by atoms with Gasteiger partial charge in [-0.1, -0.05) is 0 Å². The average molecular weight is 183 g/mol. The lowest BCUT2D eigenvalue weighted by Gasteiger charge is -2.03. The average Bonchev–Trinajstić information content (AvgIpc) is 2.38. The van der Waals surface area contributed by atoms with Gasteiger partial charge in [-0.05, 0) is 13.8 Å². The summed E-state index contributed by atoms with van der Waals surface area (Å²) in [6.45, 7) is 6.07. The Hall–Kier alpha value is -0.870. The molecular formula is C9H17N3O. The summed E-state index contributed by atoms with van der Waals surface area (Å²) in [6.07, 6.45) is 0. The molecule has 1 heterocycles. The molecule has 4 nitrogen and oxygen atoms in total. The fraction of sp³-hybridized carbons (Fsp3) is 0.667. The highest BCUT2D eigenvalue weighted by atomic mass is 16.5. The number of hydrogen-bond acceptors (Lipinski definition) is 3. The van der Waals surface area contributed by atoms with Crippen LogP contribution in [-0.4, -0.2) is 23.5 Å². The second-order valence-electron chi connectivity index (χ2n) is 3.07. The molecule has 2 N–H and O–H groups in total. The van der Waals surface area contributed by atoms with Crippen molar-refractivity contribution in [2.45, 2.75) is 26.9 Å². The Balaban J connectivity index is 2.83. The van der Waals surface area contributed by atoms with Gasteiger partial charge in [0.05, 0.1) is 18.8 Å².